The standard InChI is InChI=1S/C27H30BrNO/c1-19-20(2)26-24(21(3)25(19)28)15-27(4,30-26)18-29(16-22-11-7-5-8-12-22)17-23-13-9-6-10-14-23/h5-14H,15-18H2,1-4H3. The fourth-order valence-corrected chi connectivity index (χ4v) is 5.10. The maximum absolute atomic E-state index is 6.69. The smallest absolute Gasteiger partial charge is 0.127 e. The molecule has 1 unspecified atom stereocenters. The van der Waals surface area contributed by atoms with Gasteiger partial charge in [-0.2, -0.15) is 0 Å². The van der Waals surface area contributed by atoms with E-state index in [0.717, 1.165) is 31.8 Å². The highest BCUT2D eigenvalue weighted by Crippen LogP contribution is 2.44. The highest BCUT2D eigenvalue weighted by Gasteiger charge is 2.39. The first kappa shape index (κ1) is 21.1. The molecule has 1 atom stereocenters. The minimum atomic E-state index is -0.241. The maximum atomic E-state index is 6.69. The van der Waals surface area contributed by atoms with Crippen molar-refractivity contribution in [2.24, 2.45) is 0 Å². The number of hydrogen-bond donors (Lipinski definition) is 0. The van der Waals surface area contributed by atoms with Gasteiger partial charge in [-0.25, -0.2) is 0 Å². The molecule has 0 amide bonds. The average molecular weight is 464 g/mol. The fourth-order valence-electron chi connectivity index (χ4n) is 4.56. The second-order valence-electron chi connectivity index (χ2n) is 8.84. The average Bonchev–Trinajstić information content (AvgIpc) is 3.09. The largest absolute Gasteiger partial charge is 0.485 e. The lowest BCUT2D eigenvalue weighted by molar-refractivity contribution is 0.0561. The van der Waals surface area contributed by atoms with Gasteiger partial charge in [0.15, 0.2) is 0 Å². The van der Waals surface area contributed by atoms with Gasteiger partial charge < -0.3 is 4.74 Å². The molecule has 3 heteroatoms. The molecular formula is C27H30BrNO. The Balaban J connectivity index is 1.60. The summed E-state index contributed by atoms with van der Waals surface area (Å²) >= 11 is 3.79. The van der Waals surface area contributed by atoms with Gasteiger partial charge in [0.2, 0.25) is 0 Å². The van der Waals surface area contributed by atoms with Crippen molar-refractivity contribution in [3.05, 3.63) is 98.5 Å². The molecule has 3 aromatic carbocycles. The van der Waals surface area contributed by atoms with Crippen LogP contribution < -0.4 is 4.74 Å². The topological polar surface area (TPSA) is 12.5 Å². The lowest BCUT2D eigenvalue weighted by Gasteiger charge is -2.32. The minimum Gasteiger partial charge on any atom is -0.485 e. The highest BCUT2D eigenvalue weighted by molar-refractivity contribution is 9.10. The number of benzene rings is 3. The van der Waals surface area contributed by atoms with Gasteiger partial charge in [0.05, 0.1) is 0 Å². The number of rotatable bonds is 6. The van der Waals surface area contributed by atoms with Crippen molar-refractivity contribution in [2.75, 3.05) is 6.54 Å². The number of ether oxygens (including phenoxy) is 1. The lowest BCUT2D eigenvalue weighted by atomic mass is 9.93. The summed E-state index contributed by atoms with van der Waals surface area (Å²) in [4.78, 5) is 2.52. The van der Waals surface area contributed by atoms with Gasteiger partial charge in [-0.1, -0.05) is 76.6 Å². The molecule has 0 N–H and O–H groups in total. The Hall–Kier alpha value is -2.10. The van der Waals surface area contributed by atoms with Gasteiger partial charge in [0.25, 0.3) is 0 Å². The first-order valence-corrected chi connectivity index (χ1v) is 11.4. The van der Waals surface area contributed by atoms with E-state index in [1.165, 1.54) is 37.9 Å². The Kier molecular flexibility index (Phi) is 6.04. The van der Waals surface area contributed by atoms with Crippen LogP contribution in [0.15, 0.2) is 65.1 Å². The molecule has 4 rings (SSSR count). The van der Waals surface area contributed by atoms with Crippen LogP contribution in [0.4, 0.5) is 0 Å². The van der Waals surface area contributed by atoms with Crippen molar-refractivity contribution in [3.63, 3.8) is 0 Å². The van der Waals surface area contributed by atoms with E-state index in [4.69, 9.17) is 4.74 Å². The van der Waals surface area contributed by atoms with E-state index in [-0.39, 0.29) is 5.60 Å². The van der Waals surface area contributed by atoms with E-state index >= 15 is 0 Å². The molecule has 0 aliphatic carbocycles. The van der Waals surface area contributed by atoms with Gasteiger partial charge in [-0.3, -0.25) is 4.90 Å². The van der Waals surface area contributed by atoms with E-state index in [1.807, 2.05) is 0 Å². The Morgan fingerprint density at radius 3 is 1.90 bits per heavy atom. The summed E-state index contributed by atoms with van der Waals surface area (Å²) in [5.41, 5.74) is 7.62. The Bertz CT molecular complexity index is 951. The molecule has 0 radical (unpaired) electrons. The monoisotopic (exact) mass is 463 g/mol. The Morgan fingerprint density at radius 1 is 0.833 bits per heavy atom. The molecule has 0 saturated carbocycles. The summed E-state index contributed by atoms with van der Waals surface area (Å²) in [6, 6.07) is 21.5. The molecule has 156 valence electrons. The van der Waals surface area contributed by atoms with Crippen LogP contribution in [0.5, 0.6) is 5.75 Å². The lowest BCUT2D eigenvalue weighted by Crippen LogP contribution is -2.43. The van der Waals surface area contributed by atoms with E-state index < -0.39 is 0 Å². The zero-order valence-electron chi connectivity index (χ0n) is 18.3. The van der Waals surface area contributed by atoms with E-state index in [1.54, 1.807) is 0 Å². The van der Waals surface area contributed by atoms with Crippen molar-refractivity contribution in [1.82, 2.24) is 4.90 Å². The van der Waals surface area contributed by atoms with E-state index in [0.29, 0.717) is 0 Å². The zero-order valence-corrected chi connectivity index (χ0v) is 19.9. The van der Waals surface area contributed by atoms with E-state index in [2.05, 4.69) is 109 Å². The SMILES string of the molecule is Cc1c(C)c2c(c(C)c1Br)CC(C)(CN(Cc1ccccc1)Cc1ccccc1)O2. The van der Waals surface area contributed by atoms with Gasteiger partial charge in [0, 0.05) is 36.1 Å². The molecule has 1 aliphatic heterocycles. The summed E-state index contributed by atoms with van der Waals surface area (Å²) in [6.45, 7) is 11.5. The van der Waals surface area contributed by atoms with Crippen molar-refractivity contribution < 1.29 is 4.74 Å². The first-order valence-electron chi connectivity index (χ1n) is 10.6. The number of nitrogens with zero attached hydrogens (tertiary/aromatic N) is 1. The molecule has 3 aromatic rings. The second kappa shape index (κ2) is 8.56. The van der Waals surface area contributed by atoms with Crippen molar-refractivity contribution >= 4 is 15.9 Å². The molecular weight excluding hydrogens is 434 g/mol. The molecule has 30 heavy (non-hydrogen) atoms. The molecule has 1 heterocycles. The summed E-state index contributed by atoms with van der Waals surface area (Å²) in [6.07, 6.45) is 0.938. The van der Waals surface area contributed by atoms with Crippen LogP contribution in [-0.2, 0) is 19.5 Å². The van der Waals surface area contributed by atoms with Gasteiger partial charge in [-0.05, 0) is 55.5 Å². The first-order chi connectivity index (χ1) is 14.4. The second-order valence-corrected chi connectivity index (χ2v) is 9.63. The summed E-state index contributed by atoms with van der Waals surface area (Å²) in [5, 5.41) is 0. The van der Waals surface area contributed by atoms with Crippen LogP contribution in [0.1, 0.15) is 40.3 Å². The van der Waals surface area contributed by atoms with E-state index in [9.17, 15) is 0 Å². The molecule has 0 saturated heterocycles. The third-order valence-electron chi connectivity index (χ3n) is 6.24. The van der Waals surface area contributed by atoms with Crippen LogP contribution >= 0.6 is 15.9 Å². The molecule has 2 nitrogen and oxygen atoms in total. The quantitative estimate of drug-likeness (QED) is 0.399. The number of hydrogen-bond acceptors (Lipinski definition) is 2. The van der Waals surface area contributed by atoms with Crippen LogP contribution in [0, 0.1) is 20.8 Å². The zero-order chi connectivity index (χ0) is 21.3. The van der Waals surface area contributed by atoms with Gasteiger partial charge >= 0.3 is 0 Å². The summed E-state index contributed by atoms with van der Waals surface area (Å²) < 4.78 is 7.90. The van der Waals surface area contributed by atoms with Crippen LogP contribution in [-0.4, -0.2) is 17.0 Å². The van der Waals surface area contributed by atoms with Crippen LogP contribution in [0.3, 0.4) is 0 Å². The molecule has 0 spiro atoms. The molecule has 1 aliphatic rings. The summed E-state index contributed by atoms with van der Waals surface area (Å²) in [7, 11) is 0. The fraction of sp³-hybridized carbons (Fsp3) is 0.333. The maximum Gasteiger partial charge on any atom is 0.127 e. The Morgan fingerprint density at radius 2 is 1.37 bits per heavy atom. The third-order valence-corrected chi connectivity index (χ3v) is 7.43. The van der Waals surface area contributed by atoms with Gasteiger partial charge in [-0.15, -0.1) is 0 Å². The van der Waals surface area contributed by atoms with Crippen molar-refractivity contribution in [2.45, 2.75) is 52.8 Å². The number of fused-ring (bicyclic) bond motifs is 1. The summed E-state index contributed by atoms with van der Waals surface area (Å²) in [5.74, 6) is 1.09. The third kappa shape index (κ3) is 4.33. The number of halogens is 1. The minimum absolute atomic E-state index is 0.241. The van der Waals surface area contributed by atoms with Crippen LogP contribution in [0.25, 0.3) is 0 Å². The molecule has 0 aromatic heterocycles. The van der Waals surface area contributed by atoms with Crippen LogP contribution in [0.2, 0.25) is 0 Å². The van der Waals surface area contributed by atoms with Gasteiger partial charge in [0.1, 0.15) is 11.4 Å². The molecule has 0 bridgehead atoms. The molecule has 0 fully saturated rings. The van der Waals surface area contributed by atoms with Crippen molar-refractivity contribution in [3.8, 4) is 5.75 Å². The van der Waals surface area contributed by atoms with Crippen molar-refractivity contribution in [1.29, 1.82) is 0 Å². The predicted molar refractivity (Wildman–Crippen MR) is 128 cm³/mol. The predicted octanol–water partition coefficient (Wildman–Crippen LogP) is 6.77. The Labute approximate surface area is 189 Å². The highest BCUT2D eigenvalue weighted by atomic mass is 79.9. The normalized spacial score (nSPS) is 17.8.